The number of imidazole rings is 1. The number of ether oxygens (including phenoxy) is 1. The Kier molecular flexibility index (Phi) is 5.77. The molecule has 0 radical (unpaired) electrons. The van der Waals surface area contributed by atoms with Crippen LogP contribution in [0, 0.1) is 13.8 Å². The summed E-state index contributed by atoms with van der Waals surface area (Å²) in [6.45, 7) is 5.89. The van der Waals surface area contributed by atoms with Gasteiger partial charge in [-0.2, -0.15) is 0 Å². The molecule has 0 unspecified atom stereocenters. The van der Waals surface area contributed by atoms with Crippen LogP contribution in [-0.4, -0.2) is 24.7 Å². The monoisotopic (exact) mass is 432 g/mol. The maximum absolute atomic E-state index is 13.3. The van der Waals surface area contributed by atoms with Gasteiger partial charge in [0, 0.05) is 6.54 Å². The molecule has 8 nitrogen and oxygen atoms in total. The molecule has 0 aliphatic carbocycles. The Balaban J connectivity index is 1.77. The number of benzene rings is 2. The average molecular weight is 432 g/mol. The van der Waals surface area contributed by atoms with Crippen LogP contribution in [-0.2, 0) is 24.4 Å². The Hall–Kier alpha value is -3.94. The van der Waals surface area contributed by atoms with Gasteiger partial charge in [-0.25, -0.2) is 19.1 Å². The maximum atomic E-state index is 13.3. The van der Waals surface area contributed by atoms with Gasteiger partial charge >= 0.3 is 11.7 Å². The number of aromatic nitrogens is 4. The van der Waals surface area contributed by atoms with Crippen LogP contribution < -0.4 is 16.0 Å². The molecule has 2 heterocycles. The number of carbonyl (C=O) groups excluding carboxylic acids is 1. The van der Waals surface area contributed by atoms with Gasteiger partial charge in [-0.1, -0.05) is 48.0 Å². The van der Waals surface area contributed by atoms with Gasteiger partial charge in [0.2, 0.25) is 0 Å². The third-order valence-electron chi connectivity index (χ3n) is 5.35. The minimum Gasteiger partial charge on any atom is -0.425 e. The molecular weight excluding hydrogens is 408 g/mol. The standard InChI is InChI=1S/C24H24N4O4/c1-4-26-15-25-22-21(26)23(30)28(24(31)27(22)13-18-8-6-5-7-9-18)14-20(29)32-19-11-10-16(2)12-17(19)3/h5-12,15H,4,13-14H2,1-3H3. The van der Waals surface area contributed by atoms with Crippen molar-refractivity contribution in [1.29, 1.82) is 0 Å². The lowest BCUT2D eigenvalue weighted by atomic mass is 10.1. The smallest absolute Gasteiger partial charge is 0.333 e. The van der Waals surface area contributed by atoms with Crippen LogP contribution in [0.2, 0.25) is 0 Å². The molecular formula is C24H24N4O4. The highest BCUT2D eigenvalue weighted by Crippen LogP contribution is 2.19. The number of fused-ring (bicyclic) bond motifs is 1. The van der Waals surface area contributed by atoms with E-state index < -0.39 is 23.8 Å². The van der Waals surface area contributed by atoms with Crippen LogP contribution in [0.3, 0.4) is 0 Å². The Morgan fingerprint density at radius 2 is 1.78 bits per heavy atom. The van der Waals surface area contributed by atoms with E-state index in [1.165, 1.54) is 10.9 Å². The fourth-order valence-corrected chi connectivity index (χ4v) is 3.72. The summed E-state index contributed by atoms with van der Waals surface area (Å²) < 4.78 is 9.47. The minimum absolute atomic E-state index is 0.225. The maximum Gasteiger partial charge on any atom is 0.333 e. The molecule has 4 aromatic rings. The molecule has 32 heavy (non-hydrogen) atoms. The molecule has 0 fully saturated rings. The molecule has 0 N–H and O–H groups in total. The second-order valence-electron chi connectivity index (χ2n) is 7.69. The minimum atomic E-state index is -0.690. The van der Waals surface area contributed by atoms with Crippen LogP contribution in [0.15, 0.2) is 64.4 Å². The average Bonchev–Trinajstić information content (AvgIpc) is 3.21. The number of rotatable bonds is 6. The molecule has 0 aliphatic heterocycles. The van der Waals surface area contributed by atoms with Crippen molar-refractivity contribution in [2.75, 3.05) is 0 Å². The van der Waals surface area contributed by atoms with E-state index in [4.69, 9.17) is 4.74 Å². The molecule has 0 bridgehead atoms. The van der Waals surface area contributed by atoms with Crippen molar-refractivity contribution in [1.82, 2.24) is 18.7 Å². The lowest BCUT2D eigenvalue weighted by Gasteiger charge is -2.13. The predicted octanol–water partition coefficient (Wildman–Crippen LogP) is 2.65. The van der Waals surface area contributed by atoms with Crippen LogP contribution in [0.1, 0.15) is 23.6 Å². The Bertz CT molecular complexity index is 1410. The zero-order valence-electron chi connectivity index (χ0n) is 18.2. The Morgan fingerprint density at radius 1 is 1.03 bits per heavy atom. The molecule has 8 heteroatoms. The summed E-state index contributed by atoms with van der Waals surface area (Å²) in [5.41, 5.74) is 2.13. The van der Waals surface area contributed by atoms with Gasteiger partial charge in [0.15, 0.2) is 11.2 Å². The molecule has 0 aliphatic rings. The molecule has 0 atom stereocenters. The van der Waals surface area contributed by atoms with E-state index in [1.807, 2.05) is 63.2 Å². The molecule has 164 valence electrons. The highest BCUT2D eigenvalue weighted by atomic mass is 16.5. The summed E-state index contributed by atoms with van der Waals surface area (Å²) in [5, 5.41) is 0. The molecule has 0 spiro atoms. The third-order valence-corrected chi connectivity index (χ3v) is 5.35. The largest absolute Gasteiger partial charge is 0.425 e. The normalized spacial score (nSPS) is 11.1. The van der Waals surface area contributed by atoms with Gasteiger partial charge in [-0.3, -0.25) is 9.36 Å². The van der Waals surface area contributed by atoms with Crippen LogP contribution in [0.5, 0.6) is 5.75 Å². The van der Waals surface area contributed by atoms with E-state index in [0.29, 0.717) is 17.9 Å². The van der Waals surface area contributed by atoms with Crippen molar-refractivity contribution in [3.8, 4) is 5.75 Å². The van der Waals surface area contributed by atoms with E-state index in [1.54, 1.807) is 10.6 Å². The topological polar surface area (TPSA) is 88.1 Å². The first-order valence-corrected chi connectivity index (χ1v) is 10.4. The summed E-state index contributed by atoms with van der Waals surface area (Å²) in [4.78, 5) is 43.4. The van der Waals surface area contributed by atoms with E-state index in [0.717, 1.165) is 21.3 Å². The summed E-state index contributed by atoms with van der Waals surface area (Å²) in [7, 11) is 0. The first-order valence-electron chi connectivity index (χ1n) is 10.4. The summed E-state index contributed by atoms with van der Waals surface area (Å²) in [5.74, 6) is -0.290. The van der Waals surface area contributed by atoms with E-state index in [-0.39, 0.29) is 12.1 Å². The van der Waals surface area contributed by atoms with Crippen molar-refractivity contribution in [3.63, 3.8) is 0 Å². The second kappa shape index (κ2) is 8.66. The first-order chi connectivity index (χ1) is 15.4. The molecule has 4 rings (SSSR count). The number of hydrogen-bond donors (Lipinski definition) is 0. The van der Waals surface area contributed by atoms with Crippen molar-refractivity contribution >= 4 is 17.1 Å². The van der Waals surface area contributed by atoms with Crippen LogP contribution in [0.25, 0.3) is 11.2 Å². The highest BCUT2D eigenvalue weighted by molar-refractivity contribution is 5.74. The number of esters is 1. The van der Waals surface area contributed by atoms with Gasteiger partial charge in [-0.05, 0) is 38.0 Å². The first kappa shape index (κ1) is 21.3. The lowest BCUT2D eigenvalue weighted by Crippen LogP contribution is -2.43. The quantitative estimate of drug-likeness (QED) is 0.345. The summed E-state index contributed by atoms with van der Waals surface area (Å²) in [6.07, 6.45) is 1.53. The van der Waals surface area contributed by atoms with E-state index in [9.17, 15) is 14.4 Å². The van der Waals surface area contributed by atoms with Crippen molar-refractivity contribution in [2.24, 2.45) is 0 Å². The van der Waals surface area contributed by atoms with E-state index >= 15 is 0 Å². The Labute approximate surface area is 184 Å². The molecule has 0 saturated carbocycles. The summed E-state index contributed by atoms with van der Waals surface area (Å²) in [6, 6.07) is 14.8. The predicted molar refractivity (Wildman–Crippen MR) is 121 cm³/mol. The number of nitrogens with zero attached hydrogens (tertiary/aromatic N) is 4. The van der Waals surface area contributed by atoms with Gasteiger partial charge in [0.1, 0.15) is 12.3 Å². The van der Waals surface area contributed by atoms with Crippen LogP contribution >= 0.6 is 0 Å². The fraction of sp³-hybridized carbons (Fsp3) is 0.250. The van der Waals surface area contributed by atoms with Gasteiger partial charge in [0.25, 0.3) is 5.56 Å². The lowest BCUT2D eigenvalue weighted by molar-refractivity contribution is -0.135. The Morgan fingerprint density at radius 3 is 2.47 bits per heavy atom. The van der Waals surface area contributed by atoms with Crippen LogP contribution in [0.4, 0.5) is 0 Å². The molecule has 0 saturated heterocycles. The number of carbonyl (C=O) groups is 1. The second-order valence-corrected chi connectivity index (χ2v) is 7.69. The van der Waals surface area contributed by atoms with Gasteiger partial charge < -0.3 is 9.30 Å². The van der Waals surface area contributed by atoms with Gasteiger partial charge in [0.05, 0.1) is 12.9 Å². The number of hydrogen-bond acceptors (Lipinski definition) is 5. The number of aryl methyl sites for hydroxylation is 3. The zero-order valence-corrected chi connectivity index (χ0v) is 18.2. The SMILES string of the molecule is CCn1cnc2c1c(=O)n(CC(=O)Oc1ccc(C)cc1C)c(=O)n2Cc1ccccc1. The van der Waals surface area contributed by atoms with Crippen molar-refractivity contribution in [2.45, 2.75) is 40.4 Å². The van der Waals surface area contributed by atoms with E-state index in [2.05, 4.69) is 4.98 Å². The fourth-order valence-electron chi connectivity index (χ4n) is 3.72. The zero-order chi connectivity index (χ0) is 22.8. The molecule has 2 aromatic heterocycles. The highest BCUT2D eigenvalue weighted by Gasteiger charge is 2.20. The third kappa shape index (κ3) is 3.99. The van der Waals surface area contributed by atoms with Crippen molar-refractivity contribution in [3.05, 3.63) is 92.4 Å². The molecule has 2 aromatic carbocycles. The van der Waals surface area contributed by atoms with Gasteiger partial charge in [-0.15, -0.1) is 0 Å². The van der Waals surface area contributed by atoms with Crippen molar-refractivity contribution < 1.29 is 9.53 Å². The summed E-state index contributed by atoms with van der Waals surface area (Å²) >= 11 is 0. The molecule has 0 amide bonds.